The molecule has 0 fully saturated rings. The molecule has 0 unspecified atom stereocenters. The van der Waals surface area contributed by atoms with E-state index in [-0.39, 0.29) is 13.2 Å². The number of amides is 1. The standard InChI is InChI=1S/C5H8N2O4/c1-2-11-4(8)3-6-7-5(9)10/h2-3H2,1H3,(H,9,10). The van der Waals surface area contributed by atoms with Crippen LogP contribution in [0.2, 0.25) is 0 Å². The molecule has 0 radical (unpaired) electrons. The highest BCUT2D eigenvalue weighted by Gasteiger charge is 1.98. The Hall–Kier alpha value is -1.46. The first kappa shape index (κ1) is 9.54. The molecule has 0 rings (SSSR count). The second-order valence-electron chi connectivity index (χ2n) is 1.49. The molecule has 0 saturated heterocycles. The molecule has 0 aliphatic rings. The molecule has 6 nitrogen and oxygen atoms in total. The Morgan fingerprint density at radius 3 is 2.64 bits per heavy atom. The molecule has 1 amide bonds. The fraction of sp³-hybridized carbons (Fsp3) is 0.600. The van der Waals surface area contributed by atoms with E-state index in [1.165, 1.54) is 0 Å². The van der Waals surface area contributed by atoms with Gasteiger partial charge in [-0.3, -0.25) is 0 Å². The Morgan fingerprint density at radius 2 is 2.18 bits per heavy atom. The largest absolute Gasteiger partial charge is 0.465 e. The van der Waals surface area contributed by atoms with Crippen LogP contribution in [0.25, 0.3) is 0 Å². The second kappa shape index (κ2) is 5.33. The Bertz CT molecular complexity index is 177. The number of azo groups is 1. The zero-order chi connectivity index (χ0) is 8.69. The highest BCUT2D eigenvalue weighted by Crippen LogP contribution is 1.82. The van der Waals surface area contributed by atoms with Crippen LogP contribution in [0.5, 0.6) is 0 Å². The minimum Gasteiger partial charge on any atom is -0.465 e. The third-order valence-corrected chi connectivity index (χ3v) is 0.661. The summed E-state index contributed by atoms with van der Waals surface area (Å²) in [6, 6.07) is 0. The summed E-state index contributed by atoms with van der Waals surface area (Å²) < 4.78 is 4.44. The van der Waals surface area contributed by atoms with Gasteiger partial charge in [-0.15, -0.1) is 0 Å². The highest BCUT2D eigenvalue weighted by atomic mass is 16.5. The third-order valence-electron chi connectivity index (χ3n) is 0.661. The summed E-state index contributed by atoms with van der Waals surface area (Å²) in [5.41, 5.74) is 0. The maximum atomic E-state index is 10.5. The molecule has 0 heterocycles. The van der Waals surface area contributed by atoms with Crippen molar-refractivity contribution in [3.63, 3.8) is 0 Å². The summed E-state index contributed by atoms with van der Waals surface area (Å²) >= 11 is 0. The topological polar surface area (TPSA) is 88.3 Å². The number of nitrogens with zero attached hydrogens (tertiary/aromatic N) is 2. The normalized spacial score (nSPS) is 9.91. The first-order valence-electron chi connectivity index (χ1n) is 2.93. The number of carbonyl (C=O) groups excluding carboxylic acids is 1. The number of carboxylic acid groups (broad SMARTS) is 1. The van der Waals surface area contributed by atoms with Crippen LogP contribution in [0.4, 0.5) is 4.79 Å². The van der Waals surface area contributed by atoms with Crippen LogP contribution in [-0.2, 0) is 9.53 Å². The van der Waals surface area contributed by atoms with Gasteiger partial charge in [0.2, 0.25) is 0 Å². The summed E-state index contributed by atoms with van der Waals surface area (Å²) in [5, 5.41) is 13.7. The first-order chi connectivity index (χ1) is 5.16. The van der Waals surface area contributed by atoms with E-state index in [4.69, 9.17) is 5.11 Å². The van der Waals surface area contributed by atoms with Crippen molar-refractivity contribution in [2.45, 2.75) is 6.92 Å². The maximum absolute atomic E-state index is 10.5. The fourth-order valence-electron chi connectivity index (χ4n) is 0.360. The average Bonchev–Trinajstić information content (AvgIpc) is 1.87. The van der Waals surface area contributed by atoms with Crippen LogP contribution >= 0.6 is 0 Å². The molecule has 0 aromatic rings. The van der Waals surface area contributed by atoms with Crippen molar-refractivity contribution in [1.29, 1.82) is 0 Å². The van der Waals surface area contributed by atoms with Crippen LogP contribution < -0.4 is 0 Å². The molecule has 0 aliphatic carbocycles. The summed E-state index contributed by atoms with van der Waals surface area (Å²) in [4.78, 5) is 20.2. The van der Waals surface area contributed by atoms with Gasteiger partial charge in [-0.25, -0.2) is 9.59 Å². The van der Waals surface area contributed by atoms with Gasteiger partial charge in [0.15, 0.2) is 6.54 Å². The zero-order valence-corrected chi connectivity index (χ0v) is 5.98. The molecule has 0 atom stereocenters. The number of hydrogen-bond donors (Lipinski definition) is 1. The quantitative estimate of drug-likeness (QED) is 0.485. The van der Waals surface area contributed by atoms with Crippen LogP contribution in [0.1, 0.15) is 6.92 Å². The Balaban J connectivity index is 3.53. The molecule has 0 bridgehead atoms. The second-order valence-corrected chi connectivity index (χ2v) is 1.49. The number of hydrogen-bond acceptors (Lipinski definition) is 4. The van der Waals surface area contributed by atoms with Crippen molar-refractivity contribution in [1.82, 2.24) is 0 Å². The number of carbonyl (C=O) groups is 2. The highest BCUT2D eigenvalue weighted by molar-refractivity contribution is 5.72. The predicted molar refractivity (Wildman–Crippen MR) is 34.4 cm³/mol. The van der Waals surface area contributed by atoms with Gasteiger partial charge in [0.25, 0.3) is 0 Å². The molecular weight excluding hydrogens is 152 g/mol. The van der Waals surface area contributed by atoms with Gasteiger partial charge in [0.1, 0.15) is 0 Å². The van der Waals surface area contributed by atoms with E-state index in [0.717, 1.165) is 0 Å². The van der Waals surface area contributed by atoms with Crippen molar-refractivity contribution < 1.29 is 19.4 Å². The van der Waals surface area contributed by atoms with Crippen LogP contribution in [0, 0.1) is 0 Å². The van der Waals surface area contributed by atoms with Crippen molar-refractivity contribution >= 4 is 12.1 Å². The lowest BCUT2D eigenvalue weighted by molar-refractivity contribution is -0.141. The van der Waals surface area contributed by atoms with Crippen molar-refractivity contribution in [3.05, 3.63) is 0 Å². The first-order valence-corrected chi connectivity index (χ1v) is 2.93. The van der Waals surface area contributed by atoms with Gasteiger partial charge in [0.05, 0.1) is 6.61 Å². The average molecular weight is 160 g/mol. The van der Waals surface area contributed by atoms with Crippen molar-refractivity contribution in [2.24, 2.45) is 10.2 Å². The Kier molecular flexibility index (Phi) is 4.63. The van der Waals surface area contributed by atoms with Crippen LogP contribution in [-0.4, -0.2) is 30.3 Å². The van der Waals surface area contributed by atoms with E-state index in [2.05, 4.69) is 15.0 Å². The Morgan fingerprint density at radius 1 is 1.55 bits per heavy atom. The van der Waals surface area contributed by atoms with Crippen molar-refractivity contribution in [3.8, 4) is 0 Å². The monoisotopic (exact) mass is 160 g/mol. The lowest BCUT2D eigenvalue weighted by Gasteiger charge is -1.94. The molecule has 11 heavy (non-hydrogen) atoms. The molecular formula is C5H8N2O4. The summed E-state index contributed by atoms with van der Waals surface area (Å²) in [6.45, 7) is 1.55. The maximum Gasteiger partial charge on any atom is 0.449 e. The smallest absolute Gasteiger partial charge is 0.449 e. The van der Waals surface area contributed by atoms with Gasteiger partial charge >= 0.3 is 12.1 Å². The summed E-state index contributed by atoms with van der Waals surface area (Å²) in [5.74, 6) is -0.586. The molecule has 0 saturated carbocycles. The van der Waals surface area contributed by atoms with Gasteiger partial charge in [-0.05, 0) is 6.92 Å². The molecule has 0 aromatic carbocycles. The van der Waals surface area contributed by atoms with Gasteiger partial charge in [-0.1, -0.05) is 5.11 Å². The molecule has 62 valence electrons. The fourth-order valence-corrected chi connectivity index (χ4v) is 0.360. The van der Waals surface area contributed by atoms with E-state index >= 15 is 0 Å². The zero-order valence-electron chi connectivity index (χ0n) is 5.98. The van der Waals surface area contributed by atoms with E-state index in [1.54, 1.807) is 6.92 Å². The summed E-state index contributed by atoms with van der Waals surface area (Å²) in [7, 11) is 0. The lowest BCUT2D eigenvalue weighted by atomic mass is 10.7. The van der Waals surface area contributed by atoms with E-state index < -0.39 is 12.1 Å². The molecule has 6 heteroatoms. The van der Waals surface area contributed by atoms with Gasteiger partial charge < -0.3 is 9.84 Å². The van der Waals surface area contributed by atoms with Gasteiger partial charge in [0, 0.05) is 0 Å². The molecule has 0 aliphatic heterocycles. The number of rotatable bonds is 3. The minimum atomic E-state index is -1.42. The summed E-state index contributed by atoms with van der Waals surface area (Å²) in [6.07, 6.45) is -1.42. The van der Waals surface area contributed by atoms with Crippen molar-refractivity contribution in [2.75, 3.05) is 13.2 Å². The molecule has 0 spiro atoms. The van der Waals surface area contributed by atoms with Crippen LogP contribution in [0.3, 0.4) is 0 Å². The Labute approximate surface area is 62.9 Å². The van der Waals surface area contributed by atoms with Gasteiger partial charge in [-0.2, -0.15) is 5.11 Å². The van der Waals surface area contributed by atoms with E-state index in [0.29, 0.717) is 0 Å². The SMILES string of the molecule is CCOC(=O)CN=NC(=O)O. The lowest BCUT2D eigenvalue weighted by Crippen LogP contribution is -2.07. The minimum absolute atomic E-state index is 0.251. The van der Waals surface area contributed by atoms with Crippen LogP contribution in [0.15, 0.2) is 10.2 Å². The molecule has 1 N–H and O–H groups in total. The number of ether oxygens (including phenoxy) is 1. The molecule has 0 aromatic heterocycles. The number of esters is 1. The van der Waals surface area contributed by atoms with E-state index in [1.807, 2.05) is 0 Å². The predicted octanol–water partition coefficient (Wildman–Crippen LogP) is 0.680. The third kappa shape index (κ3) is 6.42. The van der Waals surface area contributed by atoms with E-state index in [9.17, 15) is 9.59 Å².